The van der Waals surface area contributed by atoms with Crippen LogP contribution in [0.4, 0.5) is 0 Å². The van der Waals surface area contributed by atoms with Gasteiger partial charge >= 0.3 is 0 Å². The highest BCUT2D eigenvalue weighted by Gasteiger charge is 2.21. The number of carbonyl (C=O) groups is 1. The Morgan fingerprint density at radius 1 is 1.12 bits per heavy atom. The van der Waals surface area contributed by atoms with Crippen LogP contribution in [-0.4, -0.2) is 10.5 Å². The fourth-order valence-corrected chi connectivity index (χ4v) is 4.46. The van der Waals surface area contributed by atoms with Crippen LogP contribution < -0.4 is 4.80 Å². The van der Waals surface area contributed by atoms with E-state index in [1.165, 1.54) is 21.7 Å². The summed E-state index contributed by atoms with van der Waals surface area (Å²) in [6.45, 7) is 0. The van der Waals surface area contributed by atoms with E-state index in [0.717, 1.165) is 22.1 Å². The van der Waals surface area contributed by atoms with Gasteiger partial charge in [0.05, 0.1) is 5.69 Å². The first kappa shape index (κ1) is 15.5. The minimum atomic E-state index is -0.204. The van der Waals surface area contributed by atoms with Crippen molar-refractivity contribution in [2.45, 2.75) is 12.8 Å². The zero-order valence-corrected chi connectivity index (χ0v) is 15.5. The number of nitrogens with zero attached hydrogens (tertiary/aromatic N) is 2. The predicted octanol–water partition coefficient (Wildman–Crippen LogP) is 4.36. The van der Waals surface area contributed by atoms with E-state index in [1.807, 2.05) is 19.2 Å². The van der Waals surface area contributed by atoms with Crippen molar-refractivity contribution >= 4 is 33.2 Å². The van der Waals surface area contributed by atoms with Crippen molar-refractivity contribution in [1.29, 1.82) is 0 Å². The Morgan fingerprint density at radius 3 is 2.67 bits per heavy atom. The number of carbonyl (C=O) groups excluding carboxylic acids is 1. The van der Waals surface area contributed by atoms with Gasteiger partial charge in [0.1, 0.15) is 0 Å². The normalized spacial score (nSPS) is 13.5. The fraction of sp³-hybridized carbons (Fsp3) is 0.158. The molecule has 1 aliphatic rings. The molecular weight excluding hydrogens is 384 g/mol. The van der Waals surface area contributed by atoms with E-state index in [9.17, 15) is 4.79 Å². The predicted molar refractivity (Wildman–Crippen MR) is 100 cm³/mol. The van der Waals surface area contributed by atoms with E-state index in [4.69, 9.17) is 0 Å². The molecule has 5 heteroatoms. The molecule has 1 aromatic heterocycles. The van der Waals surface area contributed by atoms with Gasteiger partial charge in [-0.2, -0.15) is 4.99 Å². The van der Waals surface area contributed by atoms with Gasteiger partial charge in [0.25, 0.3) is 5.91 Å². The Morgan fingerprint density at radius 2 is 1.88 bits per heavy atom. The lowest BCUT2D eigenvalue weighted by Gasteiger charge is -2.16. The van der Waals surface area contributed by atoms with Crippen LogP contribution in [0.3, 0.4) is 0 Å². The molecule has 0 fully saturated rings. The van der Waals surface area contributed by atoms with Gasteiger partial charge in [0, 0.05) is 27.5 Å². The first-order valence-electron chi connectivity index (χ1n) is 7.75. The topological polar surface area (TPSA) is 34.4 Å². The molecule has 3 aromatic rings. The number of fused-ring (bicyclic) bond motifs is 3. The second kappa shape index (κ2) is 6.15. The summed E-state index contributed by atoms with van der Waals surface area (Å²) in [6, 6.07) is 15.8. The monoisotopic (exact) mass is 398 g/mol. The number of hydrogen-bond donors (Lipinski definition) is 0. The average molecular weight is 399 g/mol. The number of amides is 1. The Labute approximate surface area is 152 Å². The van der Waals surface area contributed by atoms with Gasteiger partial charge in [-0.05, 0) is 42.7 Å². The summed E-state index contributed by atoms with van der Waals surface area (Å²) >= 11 is 5.00. The molecule has 0 atom stereocenters. The van der Waals surface area contributed by atoms with Crippen LogP contribution >= 0.6 is 27.3 Å². The number of rotatable bonds is 1. The molecule has 0 aliphatic heterocycles. The number of aromatic nitrogens is 1. The largest absolute Gasteiger partial charge is 0.319 e. The van der Waals surface area contributed by atoms with Gasteiger partial charge < -0.3 is 4.57 Å². The average Bonchev–Trinajstić information content (AvgIpc) is 2.92. The van der Waals surface area contributed by atoms with E-state index in [2.05, 4.69) is 49.8 Å². The second-order valence-electron chi connectivity index (χ2n) is 5.80. The molecular formula is C19H15BrN2OS. The third-order valence-electron chi connectivity index (χ3n) is 4.28. The van der Waals surface area contributed by atoms with Crippen LogP contribution in [0.15, 0.2) is 58.0 Å². The molecule has 0 unspecified atom stereocenters. The Hall–Kier alpha value is -1.98. The summed E-state index contributed by atoms with van der Waals surface area (Å²) < 4.78 is 3.00. The van der Waals surface area contributed by atoms with Gasteiger partial charge in [-0.1, -0.05) is 40.2 Å². The maximum atomic E-state index is 12.4. The lowest BCUT2D eigenvalue weighted by atomic mass is 9.93. The number of aryl methyl sites for hydroxylation is 2. The number of thiazole rings is 1. The van der Waals surface area contributed by atoms with E-state index in [0.29, 0.717) is 5.56 Å². The number of benzene rings is 2. The molecule has 0 spiro atoms. The summed E-state index contributed by atoms with van der Waals surface area (Å²) in [7, 11) is 1.99. The van der Waals surface area contributed by atoms with Crippen molar-refractivity contribution in [3.8, 4) is 11.3 Å². The fourth-order valence-electron chi connectivity index (χ4n) is 3.07. The molecule has 4 rings (SSSR count). The SMILES string of the molecule is Cn1c2c(sc1=NC(=O)c1ccc(Br)cc1)CCc1ccccc1-2. The lowest BCUT2D eigenvalue weighted by molar-refractivity contribution is 0.0998. The van der Waals surface area contributed by atoms with Crippen molar-refractivity contribution in [3.63, 3.8) is 0 Å². The van der Waals surface area contributed by atoms with E-state index in [-0.39, 0.29) is 5.91 Å². The third-order valence-corrected chi connectivity index (χ3v) is 6.00. The first-order chi connectivity index (χ1) is 11.6. The summed E-state index contributed by atoms with van der Waals surface area (Å²) in [5.74, 6) is -0.204. The zero-order valence-electron chi connectivity index (χ0n) is 13.1. The van der Waals surface area contributed by atoms with Crippen molar-refractivity contribution in [1.82, 2.24) is 4.57 Å². The van der Waals surface area contributed by atoms with Crippen LogP contribution in [-0.2, 0) is 19.9 Å². The smallest absolute Gasteiger partial charge is 0.279 e. The molecule has 0 saturated carbocycles. The molecule has 0 N–H and O–H groups in total. The van der Waals surface area contributed by atoms with Crippen molar-refractivity contribution in [2.75, 3.05) is 0 Å². The quantitative estimate of drug-likeness (QED) is 0.599. The molecule has 3 nitrogen and oxygen atoms in total. The third kappa shape index (κ3) is 2.68. The molecule has 1 amide bonds. The van der Waals surface area contributed by atoms with Crippen molar-refractivity contribution < 1.29 is 4.79 Å². The molecule has 2 aromatic carbocycles. The van der Waals surface area contributed by atoms with E-state index < -0.39 is 0 Å². The van der Waals surface area contributed by atoms with Crippen LogP contribution in [0.5, 0.6) is 0 Å². The minimum Gasteiger partial charge on any atom is -0.319 e. The summed E-state index contributed by atoms with van der Waals surface area (Å²) in [5.41, 5.74) is 4.42. The lowest BCUT2D eigenvalue weighted by Crippen LogP contribution is -2.15. The molecule has 0 saturated heterocycles. The first-order valence-corrected chi connectivity index (χ1v) is 9.36. The zero-order chi connectivity index (χ0) is 16.7. The maximum absolute atomic E-state index is 12.4. The van der Waals surface area contributed by atoms with Gasteiger partial charge in [0.15, 0.2) is 4.80 Å². The highest BCUT2D eigenvalue weighted by Crippen LogP contribution is 2.34. The summed E-state index contributed by atoms with van der Waals surface area (Å²) in [4.78, 5) is 18.9. The number of hydrogen-bond acceptors (Lipinski definition) is 2. The van der Waals surface area contributed by atoms with Crippen LogP contribution in [0.2, 0.25) is 0 Å². The van der Waals surface area contributed by atoms with Crippen LogP contribution in [0, 0.1) is 0 Å². The maximum Gasteiger partial charge on any atom is 0.279 e. The van der Waals surface area contributed by atoms with Gasteiger partial charge in [-0.25, -0.2) is 0 Å². The van der Waals surface area contributed by atoms with Gasteiger partial charge in [0.2, 0.25) is 0 Å². The van der Waals surface area contributed by atoms with Crippen LogP contribution in [0.25, 0.3) is 11.3 Å². The second-order valence-corrected chi connectivity index (χ2v) is 7.77. The van der Waals surface area contributed by atoms with E-state index in [1.54, 1.807) is 23.5 Å². The summed E-state index contributed by atoms with van der Waals surface area (Å²) in [5, 5.41) is 0. The van der Waals surface area contributed by atoms with Gasteiger partial charge in [-0.3, -0.25) is 4.79 Å². The molecule has 1 aliphatic carbocycles. The molecule has 120 valence electrons. The molecule has 1 heterocycles. The minimum absolute atomic E-state index is 0.204. The standard InChI is InChI=1S/C19H15BrN2OS/c1-22-17-15-5-3-2-4-12(15)8-11-16(17)24-19(22)21-18(23)13-6-9-14(20)10-7-13/h2-7,9-10H,8,11H2,1H3. The van der Waals surface area contributed by atoms with E-state index >= 15 is 0 Å². The molecule has 0 radical (unpaired) electrons. The highest BCUT2D eigenvalue weighted by molar-refractivity contribution is 9.10. The summed E-state index contributed by atoms with van der Waals surface area (Å²) in [6.07, 6.45) is 2.05. The van der Waals surface area contributed by atoms with Crippen LogP contribution in [0.1, 0.15) is 20.8 Å². The van der Waals surface area contributed by atoms with Gasteiger partial charge in [-0.15, -0.1) is 11.3 Å². The number of halogens is 1. The Balaban J connectivity index is 1.80. The van der Waals surface area contributed by atoms with Crippen molar-refractivity contribution in [2.24, 2.45) is 12.0 Å². The highest BCUT2D eigenvalue weighted by atomic mass is 79.9. The molecule has 24 heavy (non-hydrogen) atoms. The van der Waals surface area contributed by atoms with Crippen molar-refractivity contribution in [3.05, 3.63) is 73.8 Å². The Kier molecular flexibility index (Phi) is 3.98. The molecule has 0 bridgehead atoms. The Bertz CT molecular complexity index is 999.